The second-order valence-corrected chi connectivity index (χ2v) is 7.56. The molecule has 0 spiro atoms. The lowest BCUT2D eigenvalue weighted by Gasteiger charge is -2.20. The fourth-order valence-electron chi connectivity index (χ4n) is 3.64. The molecule has 1 fully saturated rings. The number of halogens is 3. The summed E-state index contributed by atoms with van der Waals surface area (Å²) in [5.74, 6) is 0.906. The molecular weight excluding hydrogens is 393 g/mol. The van der Waals surface area contributed by atoms with E-state index in [4.69, 9.17) is 5.73 Å². The summed E-state index contributed by atoms with van der Waals surface area (Å²) < 4.78 is 40.4. The second kappa shape index (κ2) is 9.51. The number of likely N-dealkylation sites (N-methyl/N-ethyl adjacent to an activating group) is 1. The first-order chi connectivity index (χ1) is 14.3. The number of nitrogens with two attached hydrogens (primary N) is 1. The van der Waals surface area contributed by atoms with Crippen molar-refractivity contribution >= 4 is 23.1 Å². The highest BCUT2D eigenvalue weighted by Crippen LogP contribution is 2.37. The van der Waals surface area contributed by atoms with Crippen LogP contribution in [-0.2, 0) is 12.6 Å². The van der Waals surface area contributed by atoms with Gasteiger partial charge in [-0.3, -0.25) is 0 Å². The number of unbranched alkanes of at least 4 members (excludes halogenated alkanes) is 1. The van der Waals surface area contributed by atoms with Crippen molar-refractivity contribution in [1.29, 1.82) is 0 Å². The minimum absolute atomic E-state index is 0.0534. The first kappa shape index (κ1) is 22.1. The number of aryl methyl sites for hydroxylation is 1. The van der Waals surface area contributed by atoms with Crippen LogP contribution < -0.4 is 21.3 Å². The van der Waals surface area contributed by atoms with Crippen LogP contribution >= 0.6 is 0 Å². The van der Waals surface area contributed by atoms with Crippen LogP contribution in [-0.4, -0.2) is 35.6 Å². The maximum absolute atomic E-state index is 13.5. The van der Waals surface area contributed by atoms with Crippen molar-refractivity contribution in [3.05, 3.63) is 35.5 Å². The second-order valence-electron chi connectivity index (χ2n) is 7.56. The first-order valence-electron chi connectivity index (χ1n) is 10.4. The van der Waals surface area contributed by atoms with Crippen LogP contribution in [0.1, 0.15) is 44.4 Å². The molecule has 0 radical (unpaired) electrons. The van der Waals surface area contributed by atoms with Gasteiger partial charge in [0.15, 0.2) is 0 Å². The van der Waals surface area contributed by atoms with Crippen molar-refractivity contribution in [2.75, 3.05) is 35.6 Å². The van der Waals surface area contributed by atoms with Gasteiger partial charge in [-0.15, -0.1) is 0 Å². The molecule has 0 bridgehead atoms. The molecule has 0 aliphatic carbocycles. The molecule has 9 heteroatoms. The van der Waals surface area contributed by atoms with E-state index in [0.29, 0.717) is 6.04 Å². The summed E-state index contributed by atoms with van der Waals surface area (Å²) in [6, 6.07) is 6.00. The van der Waals surface area contributed by atoms with Gasteiger partial charge in [0.1, 0.15) is 5.82 Å². The number of anilines is 4. The van der Waals surface area contributed by atoms with E-state index >= 15 is 0 Å². The molecule has 0 saturated carbocycles. The zero-order valence-electron chi connectivity index (χ0n) is 17.4. The van der Waals surface area contributed by atoms with Crippen LogP contribution in [0.5, 0.6) is 0 Å². The van der Waals surface area contributed by atoms with E-state index in [9.17, 15) is 13.2 Å². The van der Waals surface area contributed by atoms with Gasteiger partial charge in [-0.1, -0.05) is 20.3 Å². The van der Waals surface area contributed by atoms with Crippen LogP contribution in [0.3, 0.4) is 0 Å². The third-order valence-corrected chi connectivity index (χ3v) is 5.15. The number of rotatable bonds is 8. The van der Waals surface area contributed by atoms with E-state index in [-0.39, 0.29) is 17.3 Å². The molecule has 0 amide bonds. The Kier molecular flexibility index (Phi) is 7.02. The van der Waals surface area contributed by atoms with Gasteiger partial charge in [-0.2, -0.15) is 18.2 Å². The maximum atomic E-state index is 13.5. The molecule has 1 saturated heterocycles. The largest absolute Gasteiger partial charge is 0.418 e. The molecule has 6 nitrogen and oxygen atoms in total. The SMILES string of the molecule is CCCCc1cc(N2CC[C@H](NCC)C2)nc(Nc2ccc(N)cc2C(F)(F)F)n1. The summed E-state index contributed by atoms with van der Waals surface area (Å²) >= 11 is 0. The average Bonchev–Trinajstić information content (AvgIpc) is 3.16. The smallest absolute Gasteiger partial charge is 0.399 e. The summed E-state index contributed by atoms with van der Waals surface area (Å²) in [5, 5.41) is 6.22. The minimum Gasteiger partial charge on any atom is -0.399 e. The predicted octanol–water partition coefficient (Wildman–Crippen LogP) is 4.35. The molecule has 4 N–H and O–H groups in total. The Morgan fingerprint density at radius 3 is 2.70 bits per heavy atom. The van der Waals surface area contributed by atoms with E-state index < -0.39 is 11.7 Å². The first-order valence-corrected chi connectivity index (χ1v) is 10.4. The molecule has 1 aromatic heterocycles. The van der Waals surface area contributed by atoms with Crippen molar-refractivity contribution in [2.24, 2.45) is 0 Å². The van der Waals surface area contributed by atoms with E-state index in [1.807, 2.05) is 6.07 Å². The lowest BCUT2D eigenvalue weighted by molar-refractivity contribution is -0.136. The summed E-state index contributed by atoms with van der Waals surface area (Å²) in [7, 11) is 0. The van der Waals surface area contributed by atoms with Crippen LogP contribution in [0.4, 0.5) is 36.3 Å². The average molecular weight is 422 g/mol. The van der Waals surface area contributed by atoms with Crippen LogP contribution in [0.2, 0.25) is 0 Å². The minimum atomic E-state index is -4.53. The van der Waals surface area contributed by atoms with Crippen molar-refractivity contribution in [3.8, 4) is 0 Å². The normalized spacial score (nSPS) is 16.8. The van der Waals surface area contributed by atoms with E-state index in [1.54, 1.807) is 0 Å². The lowest BCUT2D eigenvalue weighted by Crippen LogP contribution is -2.32. The van der Waals surface area contributed by atoms with Gasteiger partial charge >= 0.3 is 6.18 Å². The third-order valence-electron chi connectivity index (χ3n) is 5.15. The standard InChI is InChI=1S/C21H29F3N6/c1-3-5-6-15-12-19(30-10-9-16(13-30)26-4-2)29-20(27-15)28-18-8-7-14(25)11-17(18)21(22,23)24/h7-8,11-12,16,26H,3-6,9-10,13,25H2,1-2H3,(H,27,28,29)/t16-/m0/s1. The van der Waals surface area contributed by atoms with Gasteiger partial charge in [-0.05, 0) is 44.0 Å². The van der Waals surface area contributed by atoms with Crippen LogP contribution in [0, 0.1) is 0 Å². The summed E-state index contributed by atoms with van der Waals surface area (Å²) in [5.41, 5.74) is 5.50. The fraction of sp³-hybridized carbons (Fsp3) is 0.524. The van der Waals surface area contributed by atoms with Gasteiger partial charge in [0, 0.05) is 36.6 Å². The van der Waals surface area contributed by atoms with E-state index in [0.717, 1.165) is 62.9 Å². The molecule has 30 heavy (non-hydrogen) atoms. The number of hydrogen-bond donors (Lipinski definition) is 3. The third kappa shape index (κ3) is 5.53. The Hall–Kier alpha value is -2.55. The van der Waals surface area contributed by atoms with Gasteiger partial charge in [0.2, 0.25) is 5.95 Å². The highest BCUT2D eigenvalue weighted by atomic mass is 19.4. The number of nitrogens with one attached hydrogen (secondary N) is 2. The molecule has 0 unspecified atom stereocenters. The Balaban J connectivity index is 1.91. The van der Waals surface area contributed by atoms with Crippen molar-refractivity contribution in [3.63, 3.8) is 0 Å². The van der Waals surface area contributed by atoms with Gasteiger partial charge in [0.05, 0.1) is 11.3 Å². The zero-order valence-corrected chi connectivity index (χ0v) is 17.4. The van der Waals surface area contributed by atoms with Crippen LogP contribution in [0.25, 0.3) is 0 Å². The quantitative estimate of drug-likeness (QED) is 0.549. The van der Waals surface area contributed by atoms with E-state index in [2.05, 4.69) is 39.3 Å². The Morgan fingerprint density at radius 1 is 1.20 bits per heavy atom. The van der Waals surface area contributed by atoms with E-state index in [1.165, 1.54) is 12.1 Å². The summed E-state index contributed by atoms with van der Waals surface area (Å²) in [4.78, 5) is 11.2. The fourth-order valence-corrected chi connectivity index (χ4v) is 3.64. The number of nitrogen functional groups attached to an aromatic ring is 1. The molecule has 3 rings (SSSR count). The summed E-state index contributed by atoms with van der Waals surface area (Å²) in [6.07, 6.45) is -0.829. The number of nitrogens with zero attached hydrogens (tertiary/aromatic N) is 3. The molecule has 1 aromatic carbocycles. The molecule has 2 aromatic rings. The van der Waals surface area contributed by atoms with Gasteiger partial charge in [-0.25, -0.2) is 4.98 Å². The Labute approximate surface area is 175 Å². The summed E-state index contributed by atoms with van der Waals surface area (Å²) in [6.45, 7) is 6.72. The Bertz CT molecular complexity index is 855. The predicted molar refractivity (Wildman–Crippen MR) is 114 cm³/mol. The number of hydrogen-bond acceptors (Lipinski definition) is 6. The number of benzene rings is 1. The molecule has 1 aliphatic rings. The monoisotopic (exact) mass is 422 g/mol. The Morgan fingerprint density at radius 2 is 2.00 bits per heavy atom. The molecule has 2 heterocycles. The van der Waals surface area contributed by atoms with Crippen molar-refractivity contribution < 1.29 is 13.2 Å². The van der Waals surface area contributed by atoms with Gasteiger partial charge in [0.25, 0.3) is 0 Å². The molecule has 1 aliphatic heterocycles. The number of alkyl halides is 3. The maximum Gasteiger partial charge on any atom is 0.418 e. The lowest BCUT2D eigenvalue weighted by atomic mass is 10.1. The van der Waals surface area contributed by atoms with Crippen molar-refractivity contribution in [2.45, 2.75) is 51.7 Å². The van der Waals surface area contributed by atoms with Gasteiger partial charge < -0.3 is 21.3 Å². The van der Waals surface area contributed by atoms with Crippen LogP contribution in [0.15, 0.2) is 24.3 Å². The molecule has 1 atom stereocenters. The highest BCUT2D eigenvalue weighted by Gasteiger charge is 2.34. The highest BCUT2D eigenvalue weighted by molar-refractivity contribution is 5.64. The number of aromatic nitrogens is 2. The topological polar surface area (TPSA) is 79.1 Å². The zero-order chi connectivity index (χ0) is 21.7. The molecular formula is C21H29F3N6. The molecule has 164 valence electrons. The van der Waals surface area contributed by atoms with Crippen molar-refractivity contribution in [1.82, 2.24) is 15.3 Å².